The average molecular weight is 419 g/mol. The van der Waals surface area contributed by atoms with Crippen LogP contribution in [0.25, 0.3) is 0 Å². The Morgan fingerprint density at radius 1 is 1.30 bits per heavy atom. The number of ether oxygens (including phenoxy) is 2. The first kappa shape index (κ1) is 20.9. The summed E-state index contributed by atoms with van der Waals surface area (Å²) < 4.78 is 14.4. The fraction of sp³-hybridized carbons (Fsp3) is 0.737. The second kappa shape index (κ2) is 8.78. The van der Waals surface area contributed by atoms with E-state index in [0.29, 0.717) is 45.1 Å². The zero-order valence-corrected chi connectivity index (χ0v) is 18.0. The topological polar surface area (TPSA) is 103 Å². The van der Waals surface area contributed by atoms with E-state index in [4.69, 9.17) is 9.47 Å². The Hall–Kier alpha value is -2.37. The number of piperidine rings is 1. The SMILES string of the molecule is COCCn1nnnc1C1(N2CCOCC2)CCCN(C(=O)c2cc(C)n(C)n2)C1. The van der Waals surface area contributed by atoms with Gasteiger partial charge in [0.25, 0.3) is 5.91 Å². The molecule has 2 aromatic heterocycles. The Kier molecular flexibility index (Phi) is 6.11. The second-order valence-electron chi connectivity index (χ2n) is 7.97. The van der Waals surface area contributed by atoms with E-state index in [1.54, 1.807) is 11.8 Å². The first-order chi connectivity index (χ1) is 14.5. The maximum absolute atomic E-state index is 13.3. The molecular formula is C19H30N8O3. The van der Waals surface area contributed by atoms with Crippen molar-refractivity contribution in [2.75, 3.05) is 53.1 Å². The molecule has 0 radical (unpaired) electrons. The van der Waals surface area contributed by atoms with Gasteiger partial charge in [-0.1, -0.05) is 0 Å². The molecule has 1 atom stereocenters. The highest BCUT2D eigenvalue weighted by atomic mass is 16.5. The molecule has 2 fully saturated rings. The summed E-state index contributed by atoms with van der Waals surface area (Å²) in [6.07, 6.45) is 1.75. The van der Waals surface area contributed by atoms with E-state index in [0.717, 1.165) is 37.4 Å². The first-order valence-corrected chi connectivity index (χ1v) is 10.4. The summed E-state index contributed by atoms with van der Waals surface area (Å²) in [5.74, 6) is 0.739. The van der Waals surface area contributed by atoms with Gasteiger partial charge in [0.05, 0.1) is 26.4 Å². The first-order valence-electron chi connectivity index (χ1n) is 10.4. The lowest BCUT2D eigenvalue weighted by atomic mass is 9.85. The maximum atomic E-state index is 13.3. The van der Waals surface area contributed by atoms with Crippen LogP contribution in [0.1, 0.15) is 34.8 Å². The van der Waals surface area contributed by atoms with Crippen LogP contribution in [0.2, 0.25) is 0 Å². The Morgan fingerprint density at radius 2 is 2.10 bits per heavy atom. The van der Waals surface area contributed by atoms with E-state index >= 15 is 0 Å². The van der Waals surface area contributed by atoms with Crippen LogP contribution >= 0.6 is 0 Å². The minimum atomic E-state index is -0.460. The number of aromatic nitrogens is 6. The highest BCUT2D eigenvalue weighted by Gasteiger charge is 2.48. The van der Waals surface area contributed by atoms with Crippen LogP contribution in [-0.2, 0) is 28.6 Å². The van der Waals surface area contributed by atoms with Crippen molar-refractivity contribution in [3.63, 3.8) is 0 Å². The van der Waals surface area contributed by atoms with Gasteiger partial charge in [0.2, 0.25) is 0 Å². The number of likely N-dealkylation sites (tertiary alicyclic amines) is 1. The van der Waals surface area contributed by atoms with Gasteiger partial charge in [0.1, 0.15) is 5.54 Å². The number of aryl methyl sites for hydroxylation is 2. The van der Waals surface area contributed by atoms with E-state index in [1.165, 1.54) is 0 Å². The van der Waals surface area contributed by atoms with Gasteiger partial charge in [-0.2, -0.15) is 5.10 Å². The Balaban J connectivity index is 1.67. The summed E-state index contributed by atoms with van der Waals surface area (Å²) in [6, 6.07) is 1.84. The lowest BCUT2D eigenvalue weighted by Crippen LogP contribution is -2.61. The van der Waals surface area contributed by atoms with Crippen molar-refractivity contribution in [1.82, 2.24) is 39.8 Å². The lowest BCUT2D eigenvalue weighted by molar-refractivity contribution is -0.0573. The number of hydrogen-bond acceptors (Lipinski definition) is 8. The smallest absolute Gasteiger partial charge is 0.274 e. The van der Waals surface area contributed by atoms with Crippen molar-refractivity contribution in [2.45, 2.75) is 31.8 Å². The standard InChI is InChI=1S/C19H30N8O3/c1-15-13-16(21-24(15)2)17(28)25-6-4-5-19(14-25,26-7-11-30-12-8-26)18-20-22-23-27(18)9-10-29-3/h13H,4-12,14H2,1-3H3. The van der Waals surface area contributed by atoms with Crippen LogP contribution in [0.5, 0.6) is 0 Å². The highest BCUT2D eigenvalue weighted by molar-refractivity contribution is 5.92. The molecule has 0 N–H and O–H groups in total. The molecule has 0 aliphatic carbocycles. The number of tetrazole rings is 1. The Morgan fingerprint density at radius 3 is 2.80 bits per heavy atom. The van der Waals surface area contributed by atoms with Crippen molar-refractivity contribution < 1.29 is 14.3 Å². The number of morpholine rings is 1. The van der Waals surface area contributed by atoms with Gasteiger partial charge in [0, 0.05) is 46.0 Å². The highest BCUT2D eigenvalue weighted by Crippen LogP contribution is 2.37. The van der Waals surface area contributed by atoms with Gasteiger partial charge >= 0.3 is 0 Å². The molecule has 4 rings (SSSR count). The van der Waals surface area contributed by atoms with Crippen molar-refractivity contribution in [3.05, 3.63) is 23.3 Å². The maximum Gasteiger partial charge on any atom is 0.274 e. The Bertz CT molecular complexity index is 856. The van der Waals surface area contributed by atoms with E-state index in [2.05, 4.69) is 25.5 Å². The lowest BCUT2D eigenvalue weighted by Gasteiger charge is -2.49. The van der Waals surface area contributed by atoms with Crippen LogP contribution in [0.15, 0.2) is 6.07 Å². The van der Waals surface area contributed by atoms with E-state index in [-0.39, 0.29) is 5.91 Å². The molecule has 30 heavy (non-hydrogen) atoms. The number of carbonyl (C=O) groups excluding carboxylic acids is 1. The average Bonchev–Trinajstić information content (AvgIpc) is 3.39. The monoisotopic (exact) mass is 418 g/mol. The number of amides is 1. The molecule has 1 unspecified atom stereocenters. The van der Waals surface area contributed by atoms with Gasteiger partial charge in [-0.25, -0.2) is 4.68 Å². The summed E-state index contributed by atoms with van der Waals surface area (Å²) in [6.45, 7) is 7.13. The largest absolute Gasteiger partial charge is 0.383 e. The molecule has 2 aromatic rings. The van der Waals surface area contributed by atoms with Crippen molar-refractivity contribution >= 4 is 5.91 Å². The minimum absolute atomic E-state index is 0.0491. The third-order valence-electron chi connectivity index (χ3n) is 6.16. The molecule has 11 heteroatoms. The van der Waals surface area contributed by atoms with Crippen LogP contribution in [0.4, 0.5) is 0 Å². The Labute approximate surface area is 175 Å². The zero-order chi connectivity index (χ0) is 21.1. The zero-order valence-electron chi connectivity index (χ0n) is 18.0. The van der Waals surface area contributed by atoms with Crippen LogP contribution in [0, 0.1) is 6.92 Å². The van der Waals surface area contributed by atoms with Crippen LogP contribution in [-0.4, -0.2) is 98.8 Å². The number of carbonyl (C=O) groups is 1. The quantitative estimate of drug-likeness (QED) is 0.637. The van der Waals surface area contributed by atoms with Crippen LogP contribution < -0.4 is 0 Å². The number of hydrogen-bond donors (Lipinski definition) is 0. The van der Waals surface area contributed by atoms with Gasteiger partial charge < -0.3 is 14.4 Å². The summed E-state index contributed by atoms with van der Waals surface area (Å²) >= 11 is 0. The molecule has 4 heterocycles. The summed E-state index contributed by atoms with van der Waals surface area (Å²) in [7, 11) is 3.52. The number of nitrogens with zero attached hydrogens (tertiary/aromatic N) is 8. The third kappa shape index (κ3) is 3.84. The van der Waals surface area contributed by atoms with Crippen LogP contribution in [0.3, 0.4) is 0 Å². The van der Waals surface area contributed by atoms with Crippen molar-refractivity contribution in [3.8, 4) is 0 Å². The predicted molar refractivity (Wildman–Crippen MR) is 107 cm³/mol. The van der Waals surface area contributed by atoms with Gasteiger partial charge in [0.15, 0.2) is 11.5 Å². The molecule has 11 nitrogen and oxygen atoms in total. The number of methoxy groups -OCH3 is 1. The molecule has 1 amide bonds. The summed E-state index contributed by atoms with van der Waals surface area (Å²) in [5, 5.41) is 17.0. The second-order valence-corrected chi connectivity index (χ2v) is 7.97. The fourth-order valence-electron chi connectivity index (χ4n) is 4.48. The van der Waals surface area contributed by atoms with Gasteiger partial charge in [-0.05, 0) is 36.3 Å². The normalized spacial score (nSPS) is 23.1. The van der Waals surface area contributed by atoms with Gasteiger partial charge in [-0.3, -0.25) is 14.4 Å². The van der Waals surface area contributed by atoms with Gasteiger partial charge in [-0.15, -0.1) is 5.10 Å². The molecule has 0 bridgehead atoms. The predicted octanol–water partition coefficient (Wildman–Crippen LogP) is -0.175. The van der Waals surface area contributed by atoms with E-state index < -0.39 is 5.54 Å². The summed E-state index contributed by atoms with van der Waals surface area (Å²) in [5.41, 5.74) is 0.976. The molecule has 0 aromatic carbocycles. The fourth-order valence-corrected chi connectivity index (χ4v) is 4.48. The van der Waals surface area contributed by atoms with E-state index in [9.17, 15) is 4.79 Å². The molecule has 2 aliphatic rings. The van der Waals surface area contributed by atoms with Crippen molar-refractivity contribution in [2.24, 2.45) is 7.05 Å². The minimum Gasteiger partial charge on any atom is -0.383 e. The third-order valence-corrected chi connectivity index (χ3v) is 6.16. The molecule has 164 valence electrons. The van der Waals surface area contributed by atoms with Crippen molar-refractivity contribution in [1.29, 1.82) is 0 Å². The molecule has 0 saturated carbocycles. The molecule has 2 saturated heterocycles. The molecule has 0 spiro atoms. The molecular weight excluding hydrogens is 388 g/mol. The summed E-state index contributed by atoms with van der Waals surface area (Å²) in [4.78, 5) is 17.6. The number of rotatable bonds is 6. The van der Waals surface area contributed by atoms with E-state index in [1.807, 2.05) is 29.6 Å². The molecule has 2 aliphatic heterocycles.